The van der Waals surface area contributed by atoms with Crippen molar-refractivity contribution in [1.82, 2.24) is 0 Å². The lowest BCUT2D eigenvalue weighted by molar-refractivity contribution is 0.292. The van der Waals surface area contributed by atoms with Gasteiger partial charge >= 0.3 is 25.7 Å². The van der Waals surface area contributed by atoms with Crippen LogP contribution in [0.2, 0.25) is 72.0 Å². The zero-order chi connectivity index (χ0) is 24.3. The molecule has 180 valence electrons. The number of rotatable bonds is 12. The lowest BCUT2D eigenvalue weighted by atomic mass is 10.0. The Hall–Kier alpha value is 0.144. The molecule has 1 aromatic rings. The maximum absolute atomic E-state index is 6.97. The molecule has 0 saturated heterocycles. The molecule has 0 heterocycles. The van der Waals surface area contributed by atoms with Gasteiger partial charge in [-0.3, -0.25) is 0 Å². The Bertz CT molecular complexity index is 694. The minimum Gasteiger partial charge on any atom is -0.437 e. The van der Waals surface area contributed by atoms with Crippen molar-refractivity contribution in [3.63, 3.8) is 0 Å². The normalized spacial score (nSPS) is 14.2. The predicted molar refractivity (Wildman–Crippen MR) is 147 cm³/mol. The van der Waals surface area contributed by atoms with Gasteiger partial charge in [0.1, 0.15) is 0 Å². The second-order valence-corrected chi connectivity index (χ2v) is 31.5. The lowest BCUT2D eigenvalue weighted by Gasteiger charge is -2.43. The molecule has 1 rings (SSSR count). The highest BCUT2D eigenvalue weighted by atomic mass is 28.5. The van der Waals surface area contributed by atoms with Crippen LogP contribution in [-0.4, -0.2) is 42.3 Å². The van der Waals surface area contributed by atoms with Gasteiger partial charge < -0.3 is 16.5 Å². The Balaban J connectivity index is 3.36. The molecule has 0 aliphatic heterocycles. The topological polar surface area (TPSA) is 36.9 Å². The molecule has 9 heteroatoms. The summed E-state index contributed by atoms with van der Waals surface area (Å²) in [5.74, 6) is 0. The summed E-state index contributed by atoms with van der Waals surface area (Å²) in [5, 5.41) is 0. The third-order valence-corrected chi connectivity index (χ3v) is 21.8. The summed E-state index contributed by atoms with van der Waals surface area (Å²) in [6.07, 6.45) is 2.05. The Labute approximate surface area is 198 Å². The van der Waals surface area contributed by atoms with E-state index in [1.807, 2.05) is 0 Å². The molecule has 0 aromatic heterocycles. The van der Waals surface area contributed by atoms with Gasteiger partial charge in [-0.1, -0.05) is 32.0 Å². The molecule has 0 fully saturated rings. The molecule has 0 bridgehead atoms. The molecule has 0 unspecified atom stereocenters. The van der Waals surface area contributed by atoms with Gasteiger partial charge in [0.05, 0.1) is 0 Å². The molecule has 1 aromatic carbocycles. The second-order valence-electron chi connectivity index (χ2n) is 11.6. The summed E-state index contributed by atoms with van der Waals surface area (Å²) < 4.78 is 27.1. The molecular formula is C22H48O4Si5. The third kappa shape index (κ3) is 11.2. The average Bonchev–Trinajstić information content (AvgIpc) is 2.47. The van der Waals surface area contributed by atoms with Crippen LogP contribution in [0.15, 0.2) is 18.2 Å². The van der Waals surface area contributed by atoms with E-state index in [2.05, 4.69) is 104 Å². The zero-order valence-electron chi connectivity index (χ0n) is 22.5. The molecule has 0 atom stereocenters. The summed E-state index contributed by atoms with van der Waals surface area (Å²) >= 11 is 0. The van der Waals surface area contributed by atoms with Crippen molar-refractivity contribution in [1.29, 1.82) is 0 Å². The standard InChI is InChI=1S/C22H48O4Si5/c1-14-20-16-17-21(15-2)22(18-20)19-31(13,25-29(9,10)23-27(3,4)5)26-30(11,12)24-28(6,7)8/h16-18H,14-15,19H2,1-13H3. The molecule has 0 aliphatic rings. The van der Waals surface area contributed by atoms with Crippen LogP contribution in [0.4, 0.5) is 0 Å². The number of hydrogen-bond acceptors (Lipinski definition) is 4. The molecule has 0 saturated carbocycles. The van der Waals surface area contributed by atoms with Gasteiger partial charge in [0.2, 0.25) is 0 Å². The van der Waals surface area contributed by atoms with E-state index in [4.69, 9.17) is 16.5 Å². The Morgan fingerprint density at radius 2 is 1.03 bits per heavy atom. The average molecular weight is 517 g/mol. The highest BCUT2D eigenvalue weighted by Gasteiger charge is 2.47. The highest BCUT2D eigenvalue weighted by Crippen LogP contribution is 2.30. The summed E-state index contributed by atoms with van der Waals surface area (Å²) in [4.78, 5) is 0. The second kappa shape index (κ2) is 10.6. The van der Waals surface area contributed by atoms with E-state index >= 15 is 0 Å². The van der Waals surface area contributed by atoms with Crippen molar-refractivity contribution in [2.75, 3.05) is 0 Å². The summed E-state index contributed by atoms with van der Waals surface area (Å²) in [6.45, 7) is 28.8. The van der Waals surface area contributed by atoms with Gasteiger partial charge in [-0.05, 0) is 102 Å². The van der Waals surface area contributed by atoms with Crippen LogP contribution < -0.4 is 0 Å². The summed E-state index contributed by atoms with van der Waals surface area (Å²) in [6, 6.07) is 7.73. The maximum Gasteiger partial charge on any atom is 0.321 e. The fourth-order valence-electron chi connectivity index (χ4n) is 4.40. The molecule has 0 radical (unpaired) electrons. The summed E-state index contributed by atoms with van der Waals surface area (Å²) in [5.41, 5.74) is 4.12. The first-order valence-corrected chi connectivity index (χ1v) is 26.7. The maximum atomic E-state index is 6.97. The van der Waals surface area contributed by atoms with Crippen molar-refractivity contribution in [2.24, 2.45) is 0 Å². The number of benzene rings is 1. The van der Waals surface area contributed by atoms with Crippen molar-refractivity contribution in [3.05, 3.63) is 34.9 Å². The van der Waals surface area contributed by atoms with Gasteiger partial charge in [0.25, 0.3) is 0 Å². The predicted octanol–water partition coefficient (Wildman–Crippen LogP) is 7.10. The van der Waals surface area contributed by atoms with Crippen LogP contribution in [0.25, 0.3) is 0 Å². The minimum absolute atomic E-state index is 0.834. The molecular weight excluding hydrogens is 469 g/mol. The van der Waals surface area contributed by atoms with Crippen LogP contribution in [-0.2, 0) is 35.3 Å². The molecule has 31 heavy (non-hydrogen) atoms. The van der Waals surface area contributed by atoms with Gasteiger partial charge in [-0.15, -0.1) is 0 Å². The monoisotopic (exact) mass is 516 g/mol. The van der Waals surface area contributed by atoms with E-state index in [1.54, 1.807) is 0 Å². The lowest BCUT2D eigenvalue weighted by Crippen LogP contribution is -2.60. The van der Waals surface area contributed by atoms with Crippen molar-refractivity contribution in [2.45, 2.75) is 105 Å². The van der Waals surface area contributed by atoms with E-state index in [9.17, 15) is 0 Å². The minimum atomic E-state index is -2.63. The van der Waals surface area contributed by atoms with E-state index in [0.29, 0.717) is 0 Å². The van der Waals surface area contributed by atoms with Crippen LogP contribution in [0, 0.1) is 0 Å². The number of aryl methyl sites for hydroxylation is 2. The SMILES string of the molecule is CCc1ccc(CC)c(C[Si](C)(O[Si](C)(C)O[Si](C)(C)C)O[Si](C)(C)O[Si](C)(C)C)c1. The van der Waals surface area contributed by atoms with Crippen LogP contribution in [0.5, 0.6) is 0 Å². The largest absolute Gasteiger partial charge is 0.437 e. The molecule has 0 N–H and O–H groups in total. The highest BCUT2D eigenvalue weighted by molar-refractivity contribution is 6.90. The van der Waals surface area contributed by atoms with Gasteiger partial charge in [0.15, 0.2) is 16.6 Å². The quantitative estimate of drug-likeness (QED) is 0.277. The first kappa shape index (κ1) is 29.2. The van der Waals surface area contributed by atoms with E-state index < -0.39 is 42.3 Å². The molecule has 0 amide bonds. The van der Waals surface area contributed by atoms with E-state index in [-0.39, 0.29) is 0 Å². The van der Waals surface area contributed by atoms with Crippen LogP contribution >= 0.6 is 0 Å². The third-order valence-electron chi connectivity index (χ3n) is 4.60. The fraction of sp³-hybridized carbons (Fsp3) is 0.727. The molecule has 0 spiro atoms. The van der Waals surface area contributed by atoms with Gasteiger partial charge in [-0.2, -0.15) is 0 Å². The van der Waals surface area contributed by atoms with Gasteiger partial charge in [0, 0.05) is 6.04 Å². The summed E-state index contributed by atoms with van der Waals surface area (Å²) in [7, 11) is -10.8. The van der Waals surface area contributed by atoms with Crippen molar-refractivity contribution >= 4 is 42.3 Å². The van der Waals surface area contributed by atoms with Crippen molar-refractivity contribution < 1.29 is 16.5 Å². The Morgan fingerprint density at radius 1 is 0.581 bits per heavy atom. The Kier molecular flexibility index (Phi) is 9.98. The molecule has 4 nitrogen and oxygen atoms in total. The van der Waals surface area contributed by atoms with E-state index in [0.717, 1.165) is 18.9 Å². The fourth-order valence-corrected chi connectivity index (χ4v) is 27.7. The Morgan fingerprint density at radius 3 is 1.39 bits per heavy atom. The van der Waals surface area contributed by atoms with E-state index in [1.165, 1.54) is 16.7 Å². The first-order chi connectivity index (χ1) is 13.8. The van der Waals surface area contributed by atoms with Gasteiger partial charge in [-0.25, -0.2) is 0 Å². The smallest absolute Gasteiger partial charge is 0.321 e. The first-order valence-electron chi connectivity index (χ1n) is 11.7. The van der Waals surface area contributed by atoms with Crippen LogP contribution in [0.1, 0.15) is 30.5 Å². The van der Waals surface area contributed by atoms with Crippen molar-refractivity contribution in [3.8, 4) is 0 Å². The molecule has 0 aliphatic carbocycles. The number of hydrogen-bond donors (Lipinski definition) is 0. The zero-order valence-corrected chi connectivity index (χ0v) is 27.5. The van der Waals surface area contributed by atoms with Crippen LogP contribution in [0.3, 0.4) is 0 Å².